The van der Waals surface area contributed by atoms with Gasteiger partial charge in [0.05, 0.1) is 12.7 Å². The molecule has 15 heavy (non-hydrogen) atoms. The monoisotopic (exact) mass is 207 g/mol. The van der Waals surface area contributed by atoms with E-state index in [-0.39, 0.29) is 5.92 Å². The summed E-state index contributed by atoms with van der Waals surface area (Å²) in [5.74, 6) is 0.189. The van der Waals surface area contributed by atoms with Crippen molar-refractivity contribution in [1.29, 1.82) is 0 Å². The summed E-state index contributed by atoms with van der Waals surface area (Å²) < 4.78 is 5.27. The number of ether oxygens (including phenoxy) is 1. The number of rotatable bonds is 2. The molecule has 0 aromatic heterocycles. The van der Waals surface area contributed by atoms with E-state index in [4.69, 9.17) is 10.5 Å². The summed E-state index contributed by atoms with van der Waals surface area (Å²) in [6, 6.07) is 5.78. The highest BCUT2D eigenvalue weighted by molar-refractivity contribution is 5.54. The maximum absolute atomic E-state index is 10.2. The van der Waals surface area contributed by atoms with Crippen LogP contribution in [0.1, 0.15) is 23.7 Å². The van der Waals surface area contributed by atoms with Gasteiger partial charge in [-0.15, -0.1) is 0 Å². The van der Waals surface area contributed by atoms with Gasteiger partial charge in [0.2, 0.25) is 0 Å². The molecule has 0 aliphatic carbocycles. The van der Waals surface area contributed by atoms with Crippen molar-refractivity contribution in [2.75, 3.05) is 18.9 Å². The van der Waals surface area contributed by atoms with Crippen LogP contribution >= 0.6 is 0 Å². The molecular weight excluding hydrogens is 190 g/mol. The van der Waals surface area contributed by atoms with Gasteiger partial charge in [-0.25, -0.2) is 0 Å². The Morgan fingerprint density at radius 2 is 2.33 bits per heavy atom. The van der Waals surface area contributed by atoms with Gasteiger partial charge in [0.25, 0.3) is 0 Å². The fourth-order valence-corrected chi connectivity index (χ4v) is 2.02. The highest BCUT2D eigenvalue weighted by Gasteiger charge is 2.26. The Kier molecular flexibility index (Phi) is 2.93. The molecule has 1 aromatic carbocycles. The molecule has 0 radical (unpaired) electrons. The third-order valence-electron chi connectivity index (χ3n) is 3.09. The van der Waals surface area contributed by atoms with Crippen molar-refractivity contribution < 1.29 is 9.84 Å². The first-order valence-corrected chi connectivity index (χ1v) is 5.31. The molecule has 2 unspecified atom stereocenters. The number of para-hydroxylation sites is 1. The van der Waals surface area contributed by atoms with E-state index in [0.717, 1.165) is 24.2 Å². The second kappa shape index (κ2) is 4.21. The van der Waals surface area contributed by atoms with E-state index in [0.29, 0.717) is 12.3 Å². The fourth-order valence-electron chi connectivity index (χ4n) is 2.02. The van der Waals surface area contributed by atoms with E-state index in [9.17, 15) is 5.11 Å². The molecule has 82 valence electrons. The Bertz CT molecular complexity index is 345. The smallest absolute Gasteiger partial charge is 0.0860 e. The van der Waals surface area contributed by atoms with Crippen molar-refractivity contribution in [2.45, 2.75) is 19.4 Å². The minimum atomic E-state index is -0.493. The molecule has 0 amide bonds. The van der Waals surface area contributed by atoms with Crippen molar-refractivity contribution in [3.8, 4) is 0 Å². The van der Waals surface area contributed by atoms with E-state index >= 15 is 0 Å². The van der Waals surface area contributed by atoms with Crippen molar-refractivity contribution in [1.82, 2.24) is 0 Å². The molecule has 1 aromatic rings. The second-order valence-corrected chi connectivity index (χ2v) is 4.15. The maximum Gasteiger partial charge on any atom is 0.0860 e. The highest BCUT2D eigenvalue weighted by Crippen LogP contribution is 2.32. The minimum absolute atomic E-state index is 0.189. The van der Waals surface area contributed by atoms with Gasteiger partial charge in [-0.3, -0.25) is 0 Å². The van der Waals surface area contributed by atoms with Gasteiger partial charge < -0.3 is 15.6 Å². The molecule has 1 aliphatic rings. The molecule has 3 N–H and O–H groups in total. The lowest BCUT2D eigenvalue weighted by molar-refractivity contribution is 0.0923. The quantitative estimate of drug-likeness (QED) is 0.725. The van der Waals surface area contributed by atoms with Crippen LogP contribution in [-0.2, 0) is 4.74 Å². The molecule has 0 saturated carbocycles. The molecule has 3 heteroatoms. The first-order valence-electron chi connectivity index (χ1n) is 5.31. The summed E-state index contributed by atoms with van der Waals surface area (Å²) in [5.41, 5.74) is 8.51. The van der Waals surface area contributed by atoms with Crippen molar-refractivity contribution in [3.05, 3.63) is 29.3 Å². The summed E-state index contributed by atoms with van der Waals surface area (Å²) in [6.07, 6.45) is 0.418. The van der Waals surface area contributed by atoms with Gasteiger partial charge in [0.15, 0.2) is 0 Å². The molecule has 1 aliphatic heterocycles. The summed E-state index contributed by atoms with van der Waals surface area (Å²) in [6.45, 7) is 3.33. The third kappa shape index (κ3) is 1.98. The van der Waals surface area contributed by atoms with Crippen LogP contribution in [0.3, 0.4) is 0 Å². The zero-order chi connectivity index (χ0) is 10.8. The van der Waals surface area contributed by atoms with E-state index in [1.165, 1.54) is 0 Å². The largest absolute Gasteiger partial charge is 0.398 e. The van der Waals surface area contributed by atoms with Crippen LogP contribution in [0.2, 0.25) is 0 Å². The molecule has 2 atom stereocenters. The lowest BCUT2D eigenvalue weighted by Gasteiger charge is -2.19. The van der Waals surface area contributed by atoms with Crippen molar-refractivity contribution >= 4 is 5.69 Å². The van der Waals surface area contributed by atoms with Gasteiger partial charge >= 0.3 is 0 Å². The summed E-state index contributed by atoms with van der Waals surface area (Å²) in [7, 11) is 0. The molecule has 0 bridgehead atoms. The van der Waals surface area contributed by atoms with Crippen molar-refractivity contribution in [3.63, 3.8) is 0 Å². The Morgan fingerprint density at radius 3 is 3.00 bits per heavy atom. The number of hydrogen-bond donors (Lipinski definition) is 2. The average Bonchev–Trinajstić information content (AvgIpc) is 2.74. The topological polar surface area (TPSA) is 55.5 Å². The lowest BCUT2D eigenvalue weighted by Crippen LogP contribution is -2.14. The summed E-state index contributed by atoms with van der Waals surface area (Å²) >= 11 is 0. The van der Waals surface area contributed by atoms with E-state index in [1.807, 2.05) is 25.1 Å². The van der Waals surface area contributed by atoms with Crippen LogP contribution in [0.4, 0.5) is 5.69 Å². The first kappa shape index (κ1) is 10.5. The molecule has 1 saturated heterocycles. The van der Waals surface area contributed by atoms with Gasteiger partial charge in [0.1, 0.15) is 0 Å². The summed E-state index contributed by atoms with van der Waals surface area (Å²) in [5, 5.41) is 10.2. The van der Waals surface area contributed by atoms with E-state index in [2.05, 4.69) is 0 Å². The minimum Gasteiger partial charge on any atom is -0.398 e. The van der Waals surface area contributed by atoms with Crippen LogP contribution in [0.5, 0.6) is 0 Å². The number of aryl methyl sites for hydroxylation is 1. The second-order valence-electron chi connectivity index (χ2n) is 4.15. The normalized spacial score (nSPS) is 22.9. The Morgan fingerprint density at radius 1 is 1.53 bits per heavy atom. The predicted molar refractivity (Wildman–Crippen MR) is 59.5 cm³/mol. The standard InChI is InChI=1S/C12H17NO2/c1-8-3-2-4-10(11(8)13)12(14)9-5-6-15-7-9/h2-4,9,12,14H,5-7,13H2,1H3. The van der Waals surface area contributed by atoms with Crippen LogP contribution in [0, 0.1) is 12.8 Å². The molecule has 1 heterocycles. The Labute approximate surface area is 89.9 Å². The molecule has 0 spiro atoms. The Balaban J connectivity index is 2.24. The molecule has 1 fully saturated rings. The number of hydrogen-bond acceptors (Lipinski definition) is 3. The van der Waals surface area contributed by atoms with E-state index < -0.39 is 6.10 Å². The summed E-state index contributed by atoms with van der Waals surface area (Å²) in [4.78, 5) is 0. The van der Waals surface area contributed by atoms with Crippen LogP contribution in [0.15, 0.2) is 18.2 Å². The molecule has 3 nitrogen and oxygen atoms in total. The van der Waals surface area contributed by atoms with Gasteiger partial charge in [0, 0.05) is 23.8 Å². The number of nitrogen functional groups attached to an aromatic ring is 1. The number of nitrogens with two attached hydrogens (primary N) is 1. The number of benzene rings is 1. The van der Waals surface area contributed by atoms with Gasteiger partial charge in [-0.1, -0.05) is 18.2 Å². The first-order chi connectivity index (χ1) is 7.20. The number of aliphatic hydroxyl groups excluding tert-OH is 1. The molecule has 2 rings (SSSR count). The number of anilines is 1. The van der Waals surface area contributed by atoms with Crippen LogP contribution in [0.25, 0.3) is 0 Å². The maximum atomic E-state index is 10.2. The van der Waals surface area contributed by atoms with E-state index in [1.54, 1.807) is 0 Å². The Hall–Kier alpha value is -1.06. The molecular formula is C12H17NO2. The predicted octanol–water partition coefficient (Wildman–Crippen LogP) is 1.65. The van der Waals surface area contributed by atoms with Gasteiger partial charge in [-0.05, 0) is 18.9 Å². The SMILES string of the molecule is Cc1cccc(C(O)C2CCOC2)c1N. The zero-order valence-electron chi connectivity index (χ0n) is 8.94. The third-order valence-corrected chi connectivity index (χ3v) is 3.09. The highest BCUT2D eigenvalue weighted by atomic mass is 16.5. The lowest BCUT2D eigenvalue weighted by atomic mass is 9.93. The van der Waals surface area contributed by atoms with Crippen molar-refractivity contribution in [2.24, 2.45) is 5.92 Å². The van der Waals surface area contributed by atoms with Crippen LogP contribution in [-0.4, -0.2) is 18.3 Å². The van der Waals surface area contributed by atoms with Crippen LogP contribution < -0.4 is 5.73 Å². The van der Waals surface area contributed by atoms with Gasteiger partial charge in [-0.2, -0.15) is 0 Å². The zero-order valence-corrected chi connectivity index (χ0v) is 8.94. The number of aliphatic hydroxyl groups is 1. The fraction of sp³-hybridized carbons (Fsp3) is 0.500. The average molecular weight is 207 g/mol.